The maximum absolute atomic E-state index is 12.5. The molecule has 7 nitrogen and oxygen atoms in total. The lowest BCUT2D eigenvalue weighted by Gasteiger charge is -2.32. The summed E-state index contributed by atoms with van der Waals surface area (Å²) in [5.41, 5.74) is 5.92. The summed E-state index contributed by atoms with van der Waals surface area (Å²) in [5, 5.41) is 2.75. The first-order valence-electron chi connectivity index (χ1n) is 11.6. The third-order valence-electron chi connectivity index (χ3n) is 6.57. The van der Waals surface area contributed by atoms with Crippen LogP contribution in [-0.4, -0.2) is 38.4 Å². The Balaban J connectivity index is 1.28. The largest absolute Gasteiger partial charge is 0.326 e. The van der Waals surface area contributed by atoms with Gasteiger partial charge in [-0.25, -0.2) is 9.78 Å². The number of carbonyl (C=O) groups is 1. The second-order valence-electron chi connectivity index (χ2n) is 9.09. The van der Waals surface area contributed by atoms with Gasteiger partial charge in [-0.15, -0.1) is 11.3 Å². The molecule has 0 saturated carbocycles. The smallest absolute Gasteiger partial charge is 0.306 e. The van der Waals surface area contributed by atoms with E-state index in [1.54, 1.807) is 11.8 Å². The Labute approximate surface area is 202 Å². The molecule has 0 atom stereocenters. The van der Waals surface area contributed by atoms with Crippen LogP contribution in [0.15, 0.2) is 52.6 Å². The number of rotatable bonds is 5. The zero-order valence-electron chi connectivity index (χ0n) is 19.7. The monoisotopic (exact) mass is 475 g/mol. The van der Waals surface area contributed by atoms with E-state index in [1.807, 2.05) is 53.3 Å². The van der Waals surface area contributed by atoms with Crippen LogP contribution in [0, 0.1) is 13.8 Å². The predicted octanol–water partition coefficient (Wildman–Crippen LogP) is 4.92. The minimum absolute atomic E-state index is 0.0282. The standard InChI is InChI=1S/C26H29N5O2S/c1-17-8-9-23(18(2)14-17)30(19(3)32)26-27-20(16-34-26)15-29-12-10-21(11-13-29)31-24-7-5-4-6-22(24)28-25(31)33/h4-9,14,16,21H,10-13,15H2,1-3H3,(H,28,33). The average Bonchev–Trinajstić information content (AvgIpc) is 3.39. The molecule has 8 heteroatoms. The number of hydrogen-bond acceptors (Lipinski definition) is 5. The third-order valence-corrected chi connectivity index (χ3v) is 7.45. The fourth-order valence-corrected chi connectivity index (χ4v) is 5.81. The first-order chi connectivity index (χ1) is 16.4. The molecule has 5 rings (SSSR count). The molecule has 2 aromatic carbocycles. The van der Waals surface area contributed by atoms with E-state index < -0.39 is 0 Å². The lowest BCUT2D eigenvalue weighted by atomic mass is 10.0. The van der Waals surface area contributed by atoms with E-state index in [-0.39, 0.29) is 17.6 Å². The number of benzene rings is 2. The molecule has 0 bridgehead atoms. The minimum atomic E-state index is -0.0437. The highest BCUT2D eigenvalue weighted by atomic mass is 32.1. The molecule has 2 aromatic heterocycles. The molecule has 0 spiro atoms. The number of imidazole rings is 1. The number of aryl methyl sites for hydroxylation is 2. The van der Waals surface area contributed by atoms with Gasteiger partial charge in [0.25, 0.3) is 0 Å². The number of fused-ring (bicyclic) bond motifs is 1. The molecule has 1 N–H and O–H groups in total. The van der Waals surface area contributed by atoms with Crippen molar-refractivity contribution in [1.29, 1.82) is 0 Å². The normalized spacial score (nSPS) is 15.1. The van der Waals surface area contributed by atoms with Crippen LogP contribution in [0.2, 0.25) is 0 Å². The molecule has 3 heterocycles. The quantitative estimate of drug-likeness (QED) is 0.444. The Kier molecular flexibility index (Phi) is 6.10. The number of H-pyrrole nitrogens is 1. The molecule has 1 aliphatic heterocycles. The van der Waals surface area contributed by atoms with Crippen molar-refractivity contribution in [2.24, 2.45) is 0 Å². The molecule has 176 valence electrons. The second-order valence-corrected chi connectivity index (χ2v) is 9.93. The van der Waals surface area contributed by atoms with Crippen LogP contribution in [0.3, 0.4) is 0 Å². The van der Waals surface area contributed by atoms with Gasteiger partial charge in [-0.05, 0) is 50.5 Å². The van der Waals surface area contributed by atoms with Crippen molar-refractivity contribution < 1.29 is 4.79 Å². The van der Waals surface area contributed by atoms with Gasteiger partial charge in [0.05, 0.1) is 22.4 Å². The molecular formula is C26H29N5O2S. The number of para-hydroxylation sites is 2. The zero-order valence-corrected chi connectivity index (χ0v) is 20.6. The Morgan fingerprint density at radius 1 is 1.18 bits per heavy atom. The van der Waals surface area contributed by atoms with Gasteiger partial charge in [-0.2, -0.15) is 0 Å². The topological polar surface area (TPSA) is 74.2 Å². The number of nitrogens with one attached hydrogen (secondary N) is 1. The van der Waals surface area contributed by atoms with Gasteiger partial charge >= 0.3 is 5.69 Å². The van der Waals surface area contributed by atoms with Gasteiger partial charge in [0, 0.05) is 38.0 Å². The highest BCUT2D eigenvalue weighted by Gasteiger charge is 2.25. The third kappa shape index (κ3) is 4.31. The fraction of sp³-hybridized carbons (Fsp3) is 0.346. The summed E-state index contributed by atoms with van der Waals surface area (Å²) in [4.78, 5) is 36.9. The van der Waals surface area contributed by atoms with Crippen LogP contribution in [-0.2, 0) is 11.3 Å². The molecular weight excluding hydrogens is 446 g/mol. The van der Waals surface area contributed by atoms with Crippen LogP contribution in [0.1, 0.15) is 42.6 Å². The van der Waals surface area contributed by atoms with Gasteiger partial charge in [-0.1, -0.05) is 29.8 Å². The number of hydrogen-bond donors (Lipinski definition) is 1. The minimum Gasteiger partial charge on any atom is -0.306 e. The van der Waals surface area contributed by atoms with Crippen LogP contribution in [0.5, 0.6) is 0 Å². The molecule has 0 unspecified atom stereocenters. The predicted molar refractivity (Wildman–Crippen MR) is 137 cm³/mol. The summed E-state index contributed by atoms with van der Waals surface area (Å²) >= 11 is 1.50. The van der Waals surface area contributed by atoms with Gasteiger partial charge in [0.2, 0.25) is 5.91 Å². The zero-order chi connectivity index (χ0) is 23.8. The Bertz CT molecular complexity index is 1390. The van der Waals surface area contributed by atoms with Gasteiger partial charge in [0.15, 0.2) is 5.13 Å². The average molecular weight is 476 g/mol. The molecule has 34 heavy (non-hydrogen) atoms. The maximum atomic E-state index is 12.5. The summed E-state index contributed by atoms with van der Waals surface area (Å²) in [6.45, 7) is 8.20. The lowest BCUT2D eigenvalue weighted by Crippen LogP contribution is -2.36. The van der Waals surface area contributed by atoms with Crippen LogP contribution in [0.25, 0.3) is 11.0 Å². The first-order valence-corrected chi connectivity index (χ1v) is 12.5. The Morgan fingerprint density at radius 3 is 2.68 bits per heavy atom. The van der Waals surface area contributed by atoms with Crippen LogP contribution >= 0.6 is 11.3 Å². The van der Waals surface area contributed by atoms with Crippen molar-refractivity contribution in [2.75, 3.05) is 18.0 Å². The van der Waals surface area contributed by atoms with Crippen LogP contribution < -0.4 is 10.6 Å². The fourth-order valence-electron chi connectivity index (χ4n) is 4.94. The van der Waals surface area contributed by atoms with E-state index >= 15 is 0 Å². The highest BCUT2D eigenvalue weighted by Crippen LogP contribution is 2.32. The van der Waals surface area contributed by atoms with E-state index in [4.69, 9.17) is 4.98 Å². The van der Waals surface area contributed by atoms with Crippen molar-refractivity contribution >= 4 is 39.1 Å². The van der Waals surface area contributed by atoms with Crippen LogP contribution in [0.4, 0.5) is 10.8 Å². The van der Waals surface area contributed by atoms with E-state index in [2.05, 4.69) is 22.9 Å². The number of piperidine rings is 1. The van der Waals surface area contributed by atoms with Crippen molar-refractivity contribution in [3.8, 4) is 0 Å². The molecule has 0 aliphatic carbocycles. The molecule has 1 amide bonds. The van der Waals surface area contributed by atoms with Crippen molar-refractivity contribution in [1.82, 2.24) is 19.4 Å². The summed E-state index contributed by atoms with van der Waals surface area (Å²) in [5.74, 6) is -0.0437. The van der Waals surface area contributed by atoms with Gasteiger partial charge in [0.1, 0.15) is 0 Å². The Hall–Kier alpha value is -3.23. The number of anilines is 2. The number of aromatic nitrogens is 3. The van der Waals surface area contributed by atoms with E-state index in [9.17, 15) is 9.59 Å². The van der Waals surface area contributed by atoms with Gasteiger partial charge < -0.3 is 4.98 Å². The Morgan fingerprint density at radius 2 is 1.94 bits per heavy atom. The summed E-state index contributed by atoms with van der Waals surface area (Å²) < 4.78 is 1.92. The molecule has 1 fully saturated rings. The van der Waals surface area contributed by atoms with E-state index in [0.29, 0.717) is 5.13 Å². The molecule has 4 aromatic rings. The van der Waals surface area contributed by atoms with Gasteiger partial charge in [-0.3, -0.25) is 19.2 Å². The van der Waals surface area contributed by atoms with E-state index in [1.165, 1.54) is 16.9 Å². The number of carbonyl (C=O) groups excluding carboxylic acids is 1. The van der Waals surface area contributed by atoms with Crippen molar-refractivity contribution in [3.63, 3.8) is 0 Å². The summed E-state index contributed by atoms with van der Waals surface area (Å²) in [7, 11) is 0. The van der Waals surface area contributed by atoms with Crippen molar-refractivity contribution in [2.45, 2.75) is 46.2 Å². The molecule has 1 aliphatic rings. The number of amides is 1. The molecule has 0 radical (unpaired) electrons. The molecule has 1 saturated heterocycles. The second kappa shape index (κ2) is 9.19. The summed E-state index contributed by atoms with van der Waals surface area (Å²) in [6.07, 6.45) is 1.84. The first kappa shape index (κ1) is 22.6. The number of aromatic amines is 1. The number of likely N-dealkylation sites (tertiary alicyclic amines) is 1. The van der Waals surface area contributed by atoms with E-state index in [0.717, 1.165) is 60.5 Å². The van der Waals surface area contributed by atoms with Crippen molar-refractivity contribution in [3.05, 3.63) is 75.1 Å². The SMILES string of the molecule is CC(=O)N(c1nc(CN2CCC(n3c(=O)[nH]c4ccccc43)CC2)cs1)c1ccc(C)cc1C. The highest BCUT2D eigenvalue weighted by molar-refractivity contribution is 7.14. The lowest BCUT2D eigenvalue weighted by molar-refractivity contribution is -0.115. The number of thiazole rings is 1. The maximum Gasteiger partial charge on any atom is 0.326 e. The summed E-state index contributed by atoms with van der Waals surface area (Å²) in [6, 6.07) is 14.2. The number of nitrogens with zero attached hydrogens (tertiary/aromatic N) is 4.